The molecule has 0 heterocycles. The Hall–Kier alpha value is -0.820. The van der Waals surface area contributed by atoms with E-state index in [-0.39, 0.29) is 0 Å². The third-order valence-electron chi connectivity index (χ3n) is 6.52. The van der Waals surface area contributed by atoms with E-state index in [0.29, 0.717) is 0 Å². The van der Waals surface area contributed by atoms with Gasteiger partial charge in [-0.25, -0.2) is 0 Å². The molecule has 1 aromatic carbocycles. The van der Waals surface area contributed by atoms with E-state index in [1.807, 2.05) is 0 Å². The van der Waals surface area contributed by atoms with Crippen LogP contribution in [0.25, 0.3) is 0 Å². The van der Waals surface area contributed by atoms with Crippen molar-refractivity contribution >= 4 is 0 Å². The third kappa shape index (κ3) is 3.74. The fraction of sp³-hybridized carbons (Fsp3) is 0.714. The lowest BCUT2D eigenvalue weighted by Crippen LogP contribution is -2.27. The Bertz CT molecular complexity index is 433. The van der Waals surface area contributed by atoms with E-state index in [9.17, 15) is 0 Å². The van der Waals surface area contributed by atoms with E-state index in [0.717, 1.165) is 36.6 Å². The predicted octanol–water partition coefficient (Wildman–Crippen LogP) is 5.29. The molecule has 1 aromatic rings. The van der Waals surface area contributed by atoms with Crippen LogP contribution in [0.4, 0.5) is 0 Å². The minimum atomic E-state index is 0.822. The Morgan fingerprint density at radius 1 is 0.818 bits per heavy atom. The van der Waals surface area contributed by atoms with E-state index in [2.05, 4.69) is 31.2 Å². The molecule has 1 heteroatoms. The summed E-state index contributed by atoms with van der Waals surface area (Å²) in [7, 11) is 0. The summed E-state index contributed by atoms with van der Waals surface area (Å²) in [6.07, 6.45) is 12.6. The lowest BCUT2D eigenvalue weighted by molar-refractivity contribution is 0.162. The normalized spacial score (nSPS) is 32.8. The number of aryl methyl sites for hydroxylation is 1. The molecule has 0 amide bonds. The molecule has 0 bridgehead atoms. The van der Waals surface area contributed by atoms with Crippen LogP contribution < -0.4 is 5.73 Å². The van der Waals surface area contributed by atoms with Gasteiger partial charge in [0, 0.05) is 0 Å². The zero-order chi connectivity index (χ0) is 15.4. The summed E-state index contributed by atoms with van der Waals surface area (Å²) in [5.74, 6) is 3.66. The maximum absolute atomic E-state index is 5.83. The van der Waals surface area contributed by atoms with Gasteiger partial charge >= 0.3 is 0 Å². The topological polar surface area (TPSA) is 26.0 Å². The van der Waals surface area contributed by atoms with Crippen molar-refractivity contribution in [2.24, 2.45) is 23.5 Å². The van der Waals surface area contributed by atoms with Crippen LogP contribution >= 0.6 is 0 Å². The van der Waals surface area contributed by atoms with E-state index < -0.39 is 0 Å². The number of hydrogen-bond acceptors (Lipinski definition) is 1. The van der Waals surface area contributed by atoms with Crippen LogP contribution in [-0.2, 0) is 6.42 Å². The molecule has 2 saturated carbocycles. The summed E-state index contributed by atoms with van der Waals surface area (Å²) in [6.45, 7) is 3.15. The summed E-state index contributed by atoms with van der Waals surface area (Å²) in [6, 6.07) is 9.43. The summed E-state index contributed by atoms with van der Waals surface area (Å²) in [5.41, 5.74) is 8.88. The molecule has 2 N–H and O–H groups in total. The van der Waals surface area contributed by atoms with Gasteiger partial charge in [0.05, 0.1) is 0 Å². The Morgan fingerprint density at radius 3 is 1.86 bits per heavy atom. The molecule has 0 radical (unpaired) electrons. The maximum atomic E-state index is 5.83. The Labute approximate surface area is 136 Å². The molecule has 0 aromatic heterocycles. The molecular weight excluding hydrogens is 266 g/mol. The van der Waals surface area contributed by atoms with E-state index in [4.69, 9.17) is 5.73 Å². The highest BCUT2D eigenvalue weighted by atomic mass is 14.6. The molecule has 3 rings (SSSR count). The highest BCUT2D eigenvalue weighted by Crippen LogP contribution is 2.43. The second kappa shape index (κ2) is 7.64. The summed E-state index contributed by atoms with van der Waals surface area (Å²) in [4.78, 5) is 0. The largest absolute Gasteiger partial charge is 0.330 e. The summed E-state index contributed by atoms with van der Waals surface area (Å²) < 4.78 is 0. The van der Waals surface area contributed by atoms with Gasteiger partial charge < -0.3 is 5.73 Å². The maximum Gasteiger partial charge on any atom is -0.00489 e. The van der Waals surface area contributed by atoms with Gasteiger partial charge in [0.25, 0.3) is 0 Å². The molecule has 2 aliphatic carbocycles. The smallest absolute Gasteiger partial charge is 0.00489 e. The number of hydrogen-bond donors (Lipinski definition) is 1. The Balaban J connectivity index is 1.49. The van der Waals surface area contributed by atoms with Gasteiger partial charge in [0.2, 0.25) is 0 Å². The summed E-state index contributed by atoms with van der Waals surface area (Å²) in [5, 5.41) is 0. The van der Waals surface area contributed by atoms with Crippen molar-refractivity contribution in [3.63, 3.8) is 0 Å². The van der Waals surface area contributed by atoms with Crippen LogP contribution in [-0.4, -0.2) is 6.54 Å². The monoisotopic (exact) mass is 299 g/mol. The van der Waals surface area contributed by atoms with Crippen molar-refractivity contribution in [2.45, 2.75) is 70.6 Å². The first-order valence-corrected chi connectivity index (χ1v) is 9.59. The van der Waals surface area contributed by atoms with Gasteiger partial charge in [-0.15, -0.1) is 0 Å². The van der Waals surface area contributed by atoms with Gasteiger partial charge in [-0.1, -0.05) is 31.2 Å². The van der Waals surface area contributed by atoms with Crippen LogP contribution in [0, 0.1) is 17.8 Å². The minimum Gasteiger partial charge on any atom is -0.330 e. The van der Waals surface area contributed by atoms with Crippen molar-refractivity contribution < 1.29 is 0 Å². The van der Waals surface area contributed by atoms with Crippen LogP contribution in [0.2, 0.25) is 0 Å². The highest BCUT2D eigenvalue weighted by molar-refractivity contribution is 5.25. The molecule has 1 nitrogen and oxygen atoms in total. The Morgan fingerprint density at radius 2 is 1.36 bits per heavy atom. The second-order valence-corrected chi connectivity index (χ2v) is 7.72. The molecule has 0 unspecified atom stereocenters. The van der Waals surface area contributed by atoms with E-state index >= 15 is 0 Å². The van der Waals surface area contributed by atoms with Crippen molar-refractivity contribution in [1.29, 1.82) is 0 Å². The molecule has 0 saturated heterocycles. The molecule has 0 aliphatic heterocycles. The molecular formula is C21H33N. The van der Waals surface area contributed by atoms with Crippen molar-refractivity contribution in [1.82, 2.24) is 0 Å². The first-order chi connectivity index (χ1) is 10.8. The molecule has 122 valence electrons. The van der Waals surface area contributed by atoms with Crippen LogP contribution in [0.1, 0.15) is 75.3 Å². The SMILES string of the molecule is CCc1ccc(C2CCC(C3CCC(CN)CC3)CC2)cc1. The van der Waals surface area contributed by atoms with Crippen molar-refractivity contribution in [3.8, 4) is 0 Å². The quantitative estimate of drug-likeness (QED) is 0.803. The molecule has 0 atom stereocenters. The lowest BCUT2D eigenvalue weighted by Gasteiger charge is -2.37. The van der Waals surface area contributed by atoms with E-state index in [1.165, 1.54) is 56.9 Å². The standard InChI is InChI=1S/C21H33N/c1-2-16-3-7-18(8-4-16)20-11-13-21(14-12-20)19-9-5-17(15-22)6-10-19/h3-4,7-8,17,19-21H,2,5-6,9-15,22H2,1H3. The lowest BCUT2D eigenvalue weighted by atomic mass is 9.68. The van der Waals surface area contributed by atoms with Crippen molar-refractivity contribution in [3.05, 3.63) is 35.4 Å². The molecule has 2 aliphatic rings. The van der Waals surface area contributed by atoms with Crippen LogP contribution in [0.3, 0.4) is 0 Å². The zero-order valence-electron chi connectivity index (χ0n) is 14.3. The van der Waals surface area contributed by atoms with Gasteiger partial charge in [-0.3, -0.25) is 0 Å². The number of rotatable bonds is 4. The average molecular weight is 300 g/mol. The van der Waals surface area contributed by atoms with Gasteiger partial charge in [-0.2, -0.15) is 0 Å². The van der Waals surface area contributed by atoms with Crippen LogP contribution in [0.5, 0.6) is 0 Å². The van der Waals surface area contributed by atoms with Gasteiger partial charge in [0.1, 0.15) is 0 Å². The first kappa shape index (κ1) is 16.1. The third-order valence-corrected chi connectivity index (χ3v) is 6.52. The first-order valence-electron chi connectivity index (χ1n) is 9.59. The van der Waals surface area contributed by atoms with Gasteiger partial charge in [0.15, 0.2) is 0 Å². The highest BCUT2D eigenvalue weighted by Gasteiger charge is 2.30. The van der Waals surface area contributed by atoms with Gasteiger partial charge in [-0.05, 0) is 99.1 Å². The summed E-state index contributed by atoms with van der Waals surface area (Å²) >= 11 is 0. The number of nitrogens with two attached hydrogens (primary N) is 1. The van der Waals surface area contributed by atoms with Crippen LogP contribution in [0.15, 0.2) is 24.3 Å². The minimum absolute atomic E-state index is 0.822. The zero-order valence-corrected chi connectivity index (χ0v) is 14.3. The van der Waals surface area contributed by atoms with Crippen molar-refractivity contribution in [2.75, 3.05) is 6.54 Å². The van der Waals surface area contributed by atoms with E-state index in [1.54, 1.807) is 5.56 Å². The molecule has 0 spiro atoms. The average Bonchev–Trinajstić information content (AvgIpc) is 2.62. The molecule has 22 heavy (non-hydrogen) atoms. The number of benzene rings is 1. The second-order valence-electron chi connectivity index (χ2n) is 7.72. The fourth-order valence-corrected chi connectivity index (χ4v) is 4.84. The fourth-order valence-electron chi connectivity index (χ4n) is 4.84. The predicted molar refractivity (Wildman–Crippen MR) is 95.0 cm³/mol. The Kier molecular flexibility index (Phi) is 5.57. The molecule has 2 fully saturated rings.